The molecule has 1 aromatic heterocycles. The second kappa shape index (κ2) is 7.87. The summed E-state index contributed by atoms with van der Waals surface area (Å²) < 4.78 is 19.2. The normalized spacial score (nSPS) is 14.3. The number of carbonyl (C=O) groups excluding carboxylic acids is 1. The zero-order chi connectivity index (χ0) is 20.5. The number of methoxy groups -OCH3 is 1. The van der Waals surface area contributed by atoms with Crippen LogP contribution in [0, 0.1) is 12.7 Å². The van der Waals surface area contributed by atoms with Crippen molar-refractivity contribution in [3.63, 3.8) is 0 Å². The Bertz CT molecular complexity index is 1080. The number of halogens is 2. The Balaban J connectivity index is 1.58. The van der Waals surface area contributed by atoms with E-state index in [1.165, 1.54) is 19.2 Å². The van der Waals surface area contributed by atoms with Crippen LogP contribution in [-0.2, 0) is 0 Å². The summed E-state index contributed by atoms with van der Waals surface area (Å²) in [5, 5.41) is 1.26. The molecular weight excluding hydrogens is 393 g/mol. The second-order valence-electron chi connectivity index (χ2n) is 7.06. The fourth-order valence-electron chi connectivity index (χ4n) is 3.73. The minimum atomic E-state index is -0.357. The van der Waals surface area contributed by atoms with E-state index in [0.29, 0.717) is 59.1 Å². The number of fused-ring (bicyclic) bond motifs is 1. The standard InChI is InChI=1S/C22H21ClFN3O2/c1-14-11-15(24)12-16-20(29-2)13-18(25-21(14)16)22(28)27-9-7-26(8-10-27)19-6-4-3-5-17(19)23/h3-6,11-13H,7-10H2,1-2H3. The molecule has 0 bridgehead atoms. The third-order valence-corrected chi connectivity index (χ3v) is 5.55. The summed E-state index contributed by atoms with van der Waals surface area (Å²) in [5.74, 6) is -0.0757. The van der Waals surface area contributed by atoms with Gasteiger partial charge in [-0.1, -0.05) is 23.7 Å². The number of aromatic nitrogens is 1. The summed E-state index contributed by atoms with van der Waals surface area (Å²) in [4.78, 5) is 21.6. The Labute approximate surface area is 173 Å². The first-order valence-corrected chi connectivity index (χ1v) is 9.79. The van der Waals surface area contributed by atoms with Gasteiger partial charge in [0.05, 0.1) is 23.3 Å². The Hall–Kier alpha value is -2.86. The molecule has 5 nitrogen and oxygen atoms in total. The number of pyridine rings is 1. The fraction of sp³-hybridized carbons (Fsp3) is 0.273. The van der Waals surface area contributed by atoms with Gasteiger partial charge in [0.15, 0.2) is 0 Å². The molecule has 1 aliphatic heterocycles. The van der Waals surface area contributed by atoms with E-state index in [-0.39, 0.29) is 11.7 Å². The van der Waals surface area contributed by atoms with Crippen LogP contribution >= 0.6 is 11.6 Å². The van der Waals surface area contributed by atoms with Gasteiger partial charge >= 0.3 is 0 Å². The molecule has 1 amide bonds. The van der Waals surface area contributed by atoms with Crippen molar-refractivity contribution < 1.29 is 13.9 Å². The molecule has 0 unspecified atom stereocenters. The van der Waals surface area contributed by atoms with Gasteiger partial charge in [-0.05, 0) is 36.8 Å². The van der Waals surface area contributed by atoms with E-state index in [4.69, 9.17) is 16.3 Å². The Morgan fingerprint density at radius 1 is 1.14 bits per heavy atom. The highest BCUT2D eigenvalue weighted by molar-refractivity contribution is 6.33. The van der Waals surface area contributed by atoms with Crippen molar-refractivity contribution in [3.8, 4) is 5.75 Å². The molecule has 1 aliphatic rings. The molecule has 2 heterocycles. The summed E-state index contributed by atoms with van der Waals surface area (Å²) in [5.41, 5.74) is 2.51. The smallest absolute Gasteiger partial charge is 0.272 e. The number of piperazine rings is 1. The maximum Gasteiger partial charge on any atom is 0.272 e. The van der Waals surface area contributed by atoms with Crippen molar-refractivity contribution in [3.05, 3.63) is 64.6 Å². The molecule has 0 aliphatic carbocycles. The zero-order valence-electron chi connectivity index (χ0n) is 16.3. The highest BCUT2D eigenvalue weighted by Crippen LogP contribution is 2.30. The minimum Gasteiger partial charge on any atom is -0.496 e. The second-order valence-corrected chi connectivity index (χ2v) is 7.47. The lowest BCUT2D eigenvalue weighted by molar-refractivity contribution is 0.0741. The van der Waals surface area contributed by atoms with Crippen LogP contribution in [0.2, 0.25) is 5.02 Å². The summed E-state index contributed by atoms with van der Waals surface area (Å²) in [7, 11) is 1.51. The Morgan fingerprint density at radius 2 is 1.86 bits per heavy atom. The lowest BCUT2D eigenvalue weighted by atomic mass is 10.1. The van der Waals surface area contributed by atoms with Crippen LogP contribution in [0.1, 0.15) is 16.1 Å². The number of anilines is 1. The maximum absolute atomic E-state index is 13.8. The molecule has 0 atom stereocenters. The van der Waals surface area contributed by atoms with E-state index in [0.717, 1.165) is 5.69 Å². The lowest BCUT2D eigenvalue weighted by Crippen LogP contribution is -2.49. The number of hydrogen-bond acceptors (Lipinski definition) is 4. The predicted octanol–water partition coefficient (Wildman–Crippen LogP) is 4.31. The number of carbonyl (C=O) groups is 1. The fourth-order valence-corrected chi connectivity index (χ4v) is 3.98. The molecule has 7 heteroatoms. The molecular formula is C22H21ClFN3O2. The quantitative estimate of drug-likeness (QED) is 0.642. The molecule has 1 saturated heterocycles. The first-order chi connectivity index (χ1) is 14.0. The topological polar surface area (TPSA) is 45.7 Å². The van der Waals surface area contributed by atoms with Crippen LogP contribution in [0.4, 0.5) is 10.1 Å². The maximum atomic E-state index is 13.8. The van der Waals surface area contributed by atoms with Crippen molar-refractivity contribution in [1.82, 2.24) is 9.88 Å². The van der Waals surface area contributed by atoms with Crippen molar-refractivity contribution in [2.45, 2.75) is 6.92 Å². The Kier molecular flexibility index (Phi) is 5.28. The van der Waals surface area contributed by atoms with Gasteiger partial charge in [-0.15, -0.1) is 0 Å². The largest absolute Gasteiger partial charge is 0.496 e. The summed E-state index contributed by atoms with van der Waals surface area (Å²) in [6, 6.07) is 12.1. The average Bonchev–Trinajstić information content (AvgIpc) is 2.73. The number of rotatable bonds is 3. The number of nitrogens with zero attached hydrogens (tertiary/aromatic N) is 3. The van der Waals surface area contributed by atoms with Crippen LogP contribution in [0.15, 0.2) is 42.5 Å². The predicted molar refractivity (Wildman–Crippen MR) is 113 cm³/mol. The molecule has 3 aromatic rings. The van der Waals surface area contributed by atoms with Crippen LogP contribution in [0.3, 0.4) is 0 Å². The highest BCUT2D eigenvalue weighted by Gasteiger charge is 2.25. The van der Waals surface area contributed by atoms with Crippen LogP contribution < -0.4 is 9.64 Å². The molecule has 4 rings (SSSR count). The highest BCUT2D eigenvalue weighted by atomic mass is 35.5. The number of hydrogen-bond donors (Lipinski definition) is 0. The van der Waals surface area contributed by atoms with Gasteiger partial charge < -0.3 is 14.5 Å². The third kappa shape index (κ3) is 3.72. The number of para-hydroxylation sites is 1. The molecule has 0 spiro atoms. The van der Waals surface area contributed by atoms with Gasteiger partial charge in [-0.25, -0.2) is 9.37 Å². The average molecular weight is 414 g/mol. The van der Waals surface area contributed by atoms with Gasteiger partial charge in [-0.2, -0.15) is 0 Å². The first kappa shape index (κ1) is 19.5. The van der Waals surface area contributed by atoms with Crippen molar-refractivity contribution in [1.29, 1.82) is 0 Å². The molecule has 2 aromatic carbocycles. The van der Waals surface area contributed by atoms with Gasteiger partial charge in [-0.3, -0.25) is 4.79 Å². The molecule has 0 saturated carbocycles. The van der Waals surface area contributed by atoms with Crippen LogP contribution in [0.5, 0.6) is 5.75 Å². The minimum absolute atomic E-state index is 0.160. The monoisotopic (exact) mass is 413 g/mol. The lowest BCUT2D eigenvalue weighted by Gasteiger charge is -2.36. The van der Waals surface area contributed by atoms with E-state index >= 15 is 0 Å². The molecule has 0 radical (unpaired) electrons. The van der Waals surface area contributed by atoms with Gasteiger partial charge in [0.25, 0.3) is 5.91 Å². The summed E-state index contributed by atoms with van der Waals surface area (Å²) >= 11 is 6.29. The molecule has 0 N–H and O–H groups in total. The number of ether oxygens (including phenoxy) is 1. The van der Waals surface area contributed by atoms with Gasteiger partial charge in [0.1, 0.15) is 17.3 Å². The van der Waals surface area contributed by atoms with E-state index < -0.39 is 0 Å². The zero-order valence-corrected chi connectivity index (χ0v) is 17.0. The van der Waals surface area contributed by atoms with E-state index in [9.17, 15) is 9.18 Å². The number of aryl methyl sites for hydroxylation is 1. The Morgan fingerprint density at radius 3 is 2.55 bits per heavy atom. The van der Waals surface area contributed by atoms with Crippen molar-refractivity contribution in [2.24, 2.45) is 0 Å². The van der Waals surface area contributed by atoms with E-state index in [1.54, 1.807) is 17.9 Å². The first-order valence-electron chi connectivity index (χ1n) is 9.41. The van der Waals surface area contributed by atoms with Gasteiger partial charge in [0, 0.05) is 37.6 Å². The SMILES string of the molecule is COc1cc(C(=O)N2CCN(c3ccccc3Cl)CC2)nc2c(C)cc(F)cc12. The van der Waals surface area contributed by atoms with Crippen LogP contribution in [-0.4, -0.2) is 49.1 Å². The molecule has 1 fully saturated rings. The van der Waals surface area contributed by atoms with Crippen molar-refractivity contribution in [2.75, 3.05) is 38.2 Å². The number of benzene rings is 2. The van der Waals surface area contributed by atoms with E-state index in [1.807, 2.05) is 24.3 Å². The van der Waals surface area contributed by atoms with Gasteiger partial charge in [0.2, 0.25) is 0 Å². The number of amides is 1. The molecule has 150 valence electrons. The summed E-state index contributed by atoms with van der Waals surface area (Å²) in [6.45, 7) is 4.27. The summed E-state index contributed by atoms with van der Waals surface area (Å²) in [6.07, 6.45) is 0. The van der Waals surface area contributed by atoms with Crippen LogP contribution in [0.25, 0.3) is 10.9 Å². The third-order valence-electron chi connectivity index (χ3n) is 5.23. The van der Waals surface area contributed by atoms with E-state index in [2.05, 4.69) is 9.88 Å². The van der Waals surface area contributed by atoms with Crippen molar-refractivity contribution >= 4 is 34.1 Å². The molecule has 29 heavy (non-hydrogen) atoms.